The van der Waals surface area contributed by atoms with E-state index >= 15 is 0 Å². The van der Waals surface area contributed by atoms with Crippen LogP contribution in [0.1, 0.15) is 0 Å². The Labute approximate surface area is 317 Å². The van der Waals surface area contributed by atoms with E-state index < -0.39 is 0 Å². The van der Waals surface area contributed by atoms with Gasteiger partial charge in [-0.15, -0.1) is 0 Å². The molecule has 11 aromatic rings. The van der Waals surface area contributed by atoms with Gasteiger partial charge in [0.05, 0.1) is 5.69 Å². The second-order valence-corrected chi connectivity index (χ2v) is 14.0. The third-order valence-electron chi connectivity index (χ3n) is 10.9. The van der Waals surface area contributed by atoms with Gasteiger partial charge in [0.15, 0.2) is 0 Å². The number of anilines is 3. The molecule has 2 heterocycles. The molecule has 0 atom stereocenters. The first-order valence-corrected chi connectivity index (χ1v) is 18.7. The molecule has 2 aromatic heterocycles. The van der Waals surface area contributed by atoms with Crippen molar-refractivity contribution in [1.82, 2.24) is 0 Å². The minimum atomic E-state index is 0.876. The van der Waals surface area contributed by atoms with Gasteiger partial charge in [-0.2, -0.15) is 0 Å². The first-order valence-electron chi connectivity index (χ1n) is 18.7. The maximum atomic E-state index is 6.64. The summed E-state index contributed by atoms with van der Waals surface area (Å²) in [6.07, 6.45) is 0. The molecule has 3 nitrogen and oxygen atoms in total. The highest BCUT2D eigenvalue weighted by atomic mass is 16.3. The molecular weight excluding hydrogens is 671 g/mol. The largest absolute Gasteiger partial charge is 0.455 e. The summed E-state index contributed by atoms with van der Waals surface area (Å²) in [6, 6.07) is 70.9. The number of para-hydroxylation sites is 3. The topological polar surface area (TPSA) is 29.5 Å². The second kappa shape index (κ2) is 12.6. The van der Waals surface area contributed by atoms with E-state index in [2.05, 4.69) is 193 Å². The number of furan rings is 2. The number of hydrogen-bond donors (Lipinski definition) is 0. The molecule has 0 spiro atoms. The number of hydrogen-bond acceptors (Lipinski definition) is 3. The zero-order valence-electron chi connectivity index (χ0n) is 29.8. The fourth-order valence-electron chi connectivity index (χ4n) is 8.30. The lowest BCUT2D eigenvalue weighted by Crippen LogP contribution is -2.11. The van der Waals surface area contributed by atoms with Gasteiger partial charge in [0.1, 0.15) is 22.3 Å². The van der Waals surface area contributed by atoms with Crippen molar-refractivity contribution >= 4 is 71.7 Å². The Morgan fingerprint density at radius 3 is 1.73 bits per heavy atom. The Morgan fingerprint density at radius 2 is 0.891 bits per heavy atom. The van der Waals surface area contributed by atoms with Crippen LogP contribution in [0.3, 0.4) is 0 Å². The zero-order valence-corrected chi connectivity index (χ0v) is 29.8. The quantitative estimate of drug-likeness (QED) is 0.173. The van der Waals surface area contributed by atoms with Crippen LogP contribution in [0.2, 0.25) is 0 Å². The van der Waals surface area contributed by atoms with Crippen molar-refractivity contribution < 1.29 is 8.83 Å². The van der Waals surface area contributed by atoms with Crippen LogP contribution in [0.25, 0.3) is 88.0 Å². The lowest BCUT2D eigenvalue weighted by molar-refractivity contribution is 0.670. The fraction of sp³-hybridized carbons (Fsp3) is 0. The highest BCUT2D eigenvalue weighted by molar-refractivity contribution is 6.20. The summed E-state index contributed by atoms with van der Waals surface area (Å²) >= 11 is 0. The Morgan fingerprint density at radius 1 is 0.309 bits per heavy atom. The molecule has 0 amide bonds. The number of nitrogens with zero attached hydrogens (tertiary/aromatic N) is 1. The van der Waals surface area contributed by atoms with Gasteiger partial charge < -0.3 is 13.7 Å². The predicted octanol–water partition coefficient (Wildman–Crippen LogP) is 15.1. The first kappa shape index (κ1) is 31.2. The van der Waals surface area contributed by atoms with E-state index in [0.717, 1.165) is 88.6 Å². The van der Waals surface area contributed by atoms with Gasteiger partial charge >= 0.3 is 0 Å². The van der Waals surface area contributed by atoms with Crippen molar-refractivity contribution in [1.29, 1.82) is 0 Å². The van der Waals surface area contributed by atoms with E-state index in [4.69, 9.17) is 8.83 Å². The average molecular weight is 704 g/mol. The molecule has 0 aliphatic carbocycles. The van der Waals surface area contributed by atoms with Gasteiger partial charge in [-0.25, -0.2) is 0 Å². The van der Waals surface area contributed by atoms with Crippen LogP contribution < -0.4 is 4.90 Å². The van der Waals surface area contributed by atoms with Crippen LogP contribution in [-0.4, -0.2) is 0 Å². The molecule has 0 N–H and O–H groups in total. The van der Waals surface area contributed by atoms with E-state index in [-0.39, 0.29) is 0 Å². The maximum absolute atomic E-state index is 6.64. The van der Waals surface area contributed by atoms with Crippen LogP contribution >= 0.6 is 0 Å². The first-order chi connectivity index (χ1) is 27.3. The third-order valence-corrected chi connectivity index (χ3v) is 10.9. The van der Waals surface area contributed by atoms with Gasteiger partial charge in [0.2, 0.25) is 0 Å². The summed E-state index contributed by atoms with van der Waals surface area (Å²) in [4.78, 5) is 2.37. The van der Waals surface area contributed by atoms with Gasteiger partial charge in [0, 0.05) is 49.4 Å². The molecule has 0 fully saturated rings. The highest BCUT2D eigenvalue weighted by Crippen LogP contribution is 2.46. The Hall–Kier alpha value is -7.36. The molecule has 0 aliphatic heterocycles. The van der Waals surface area contributed by atoms with Crippen LogP contribution in [0.5, 0.6) is 0 Å². The molecule has 55 heavy (non-hydrogen) atoms. The average Bonchev–Trinajstić information content (AvgIpc) is 3.84. The highest BCUT2D eigenvalue weighted by Gasteiger charge is 2.21. The molecule has 0 saturated heterocycles. The third kappa shape index (κ3) is 5.13. The van der Waals surface area contributed by atoms with Crippen molar-refractivity contribution in [2.24, 2.45) is 0 Å². The van der Waals surface area contributed by atoms with Crippen molar-refractivity contribution in [3.8, 4) is 33.4 Å². The van der Waals surface area contributed by atoms with E-state index in [1.54, 1.807) is 0 Å². The molecule has 3 heteroatoms. The van der Waals surface area contributed by atoms with E-state index in [1.807, 2.05) is 12.1 Å². The lowest BCUT2D eigenvalue weighted by Gasteiger charge is -2.28. The minimum Gasteiger partial charge on any atom is -0.455 e. The monoisotopic (exact) mass is 703 g/mol. The van der Waals surface area contributed by atoms with Gasteiger partial charge in [-0.05, 0) is 76.2 Å². The fourth-order valence-corrected chi connectivity index (χ4v) is 8.30. The van der Waals surface area contributed by atoms with Gasteiger partial charge in [0.25, 0.3) is 0 Å². The van der Waals surface area contributed by atoms with E-state index in [9.17, 15) is 0 Å². The van der Waals surface area contributed by atoms with Crippen LogP contribution in [0, 0.1) is 0 Å². The van der Waals surface area contributed by atoms with Gasteiger partial charge in [-0.3, -0.25) is 0 Å². The number of rotatable bonds is 6. The number of fused-ring (bicyclic) bond motifs is 8. The second-order valence-electron chi connectivity index (χ2n) is 14.0. The minimum absolute atomic E-state index is 0.876. The van der Waals surface area contributed by atoms with Crippen molar-refractivity contribution in [2.75, 3.05) is 4.90 Å². The molecule has 258 valence electrons. The van der Waals surface area contributed by atoms with Crippen LogP contribution in [0.4, 0.5) is 17.1 Å². The SMILES string of the molecule is c1ccc(-c2ccc(N(c3ccc(-c4cccc5c4oc4ccccc45)cc3)c3ccccc3-c3cccc4oc5c6ccccc6ccc5c34)cc2)cc1. The molecule has 0 radical (unpaired) electrons. The maximum Gasteiger partial charge on any atom is 0.143 e. The standard InChI is InChI=1S/C52H33NO2/c1-2-12-34(13-3-1)35-24-29-38(30-25-35)53(39-31-26-37(27-32-39)41-18-10-20-45-43-17-7-9-22-48(43)54-51(41)45)47-21-8-6-16-42(47)44-19-11-23-49-50(44)46-33-28-36-14-4-5-15-40(36)52(46)55-49/h1-33H. The molecule has 0 bridgehead atoms. The summed E-state index contributed by atoms with van der Waals surface area (Å²) in [6.45, 7) is 0. The normalized spacial score (nSPS) is 11.6. The van der Waals surface area contributed by atoms with E-state index in [0.29, 0.717) is 0 Å². The molecule has 0 aliphatic rings. The predicted molar refractivity (Wildman–Crippen MR) is 229 cm³/mol. The van der Waals surface area contributed by atoms with E-state index in [1.165, 1.54) is 16.5 Å². The van der Waals surface area contributed by atoms with Crippen molar-refractivity contribution in [3.05, 3.63) is 200 Å². The number of benzene rings is 9. The summed E-state index contributed by atoms with van der Waals surface area (Å²) in [5.41, 5.74) is 13.6. The molecule has 0 saturated carbocycles. The summed E-state index contributed by atoms with van der Waals surface area (Å²) in [7, 11) is 0. The lowest BCUT2D eigenvalue weighted by atomic mass is 9.96. The zero-order chi connectivity index (χ0) is 36.3. The molecule has 0 unspecified atom stereocenters. The smallest absolute Gasteiger partial charge is 0.143 e. The summed E-state index contributed by atoms with van der Waals surface area (Å²) in [5.74, 6) is 0. The van der Waals surface area contributed by atoms with Gasteiger partial charge in [-0.1, -0.05) is 152 Å². The van der Waals surface area contributed by atoms with Crippen molar-refractivity contribution in [3.63, 3.8) is 0 Å². The van der Waals surface area contributed by atoms with Crippen LogP contribution in [-0.2, 0) is 0 Å². The molecule has 9 aromatic carbocycles. The molecule has 11 rings (SSSR count). The Kier molecular flexibility index (Phi) is 7.17. The Balaban J connectivity index is 1.09. The van der Waals surface area contributed by atoms with Crippen molar-refractivity contribution in [2.45, 2.75) is 0 Å². The summed E-state index contributed by atoms with van der Waals surface area (Å²) < 4.78 is 13.1. The summed E-state index contributed by atoms with van der Waals surface area (Å²) in [5, 5.41) is 6.77. The Bertz CT molecular complexity index is 3190. The molecular formula is C52H33NO2. The van der Waals surface area contributed by atoms with Crippen LogP contribution in [0.15, 0.2) is 209 Å².